The van der Waals surface area contributed by atoms with E-state index in [9.17, 15) is 0 Å². The second-order valence-corrected chi connectivity index (χ2v) is 5.82. The highest BCUT2D eigenvalue weighted by Gasteiger charge is 2.42. The lowest BCUT2D eigenvalue weighted by molar-refractivity contribution is -0.0319. The van der Waals surface area contributed by atoms with Crippen molar-refractivity contribution in [3.63, 3.8) is 0 Å². The third-order valence-electron chi connectivity index (χ3n) is 3.99. The molecule has 0 aromatic rings. The first-order chi connectivity index (χ1) is 7.10. The number of nitrogens with zero attached hydrogens (tertiary/aromatic N) is 3. The van der Waals surface area contributed by atoms with Gasteiger partial charge in [0, 0.05) is 26.2 Å². The Balaban J connectivity index is 1.68. The maximum atomic E-state index is 2.63. The van der Waals surface area contributed by atoms with Gasteiger partial charge in [-0.25, -0.2) is 0 Å². The Morgan fingerprint density at radius 1 is 1.13 bits per heavy atom. The second-order valence-electron chi connectivity index (χ2n) is 5.82. The molecule has 0 aromatic carbocycles. The van der Waals surface area contributed by atoms with E-state index >= 15 is 0 Å². The van der Waals surface area contributed by atoms with Crippen molar-refractivity contribution in [2.45, 2.75) is 12.8 Å². The summed E-state index contributed by atoms with van der Waals surface area (Å²) in [5.74, 6) is 0. The van der Waals surface area contributed by atoms with Gasteiger partial charge in [0.15, 0.2) is 0 Å². The largest absolute Gasteiger partial charge is 0.308 e. The van der Waals surface area contributed by atoms with Crippen LogP contribution < -0.4 is 0 Å². The lowest BCUT2D eigenvalue weighted by Crippen LogP contribution is -2.59. The third-order valence-corrected chi connectivity index (χ3v) is 3.99. The van der Waals surface area contributed by atoms with Crippen LogP contribution >= 0.6 is 0 Å². The Hall–Kier alpha value is -0.120. The molecule has 15 heavy (non-hydrogen) atoms. The fourth-order valence-electron chi connectivity index (χ4n) is 3.01. The van der Waals surface area contributed by atoms with Crippen LogP contribution in [0.4, 0.5) is 0 Å². The van der Waals surface area contributed by atoms with E-state index in [0.29, 0.717) is 5.41 Å². The smallest absolute Gasteiger partial charge is 0.0109 e. The van der Waals surface area contributed by atoms with Crippen LogP contribution in [0, 0.1) is 5.41 Å². The molecule has 2 aliphatic rings. The zero-order chi connectivity index (χ0) is 10.9. The molecule has 2 saturated heterocycles. The molecule has 0 saturated carbocycles. The number of piperidine rings is 1. The van der Waals surface area contributed by atoms with Crippen LogP contribution in [-0.4, -0.2) is 75.1 Å². The van der Waals surface area contributed by atoms with Gasteiger partial charge in [0.1, 0.15) is 0 Å². The molecule has 0 aliphatic carbocycles. The van der Waals surface area contributed by atoms with Crippen LogP contribution in [0.15, 0.2) is 0 Å². The maximum Gasteiger partial charge on any atom is 0.0109 e. The standard InChI is InChI=1S/C12H25N3/c1-13(2)8-9-15-6-4-12(5-7-15)10-14(3)11-12/h4-11H2,1-3H3. The minimum absolute atomic E-state index is 0.712. The van der Waals surface area contributed by atoms with E-state index in [1.165, 1.54) is 52.1 Å². The SMILES string of the molecule is CN(C)CCN1CCC2(CC1)CN(C)C2. The van der Waals surface area contributed by atoms with Crippen LogP contribution in [-0.2, 0) is 0 Å². The Labute approximate surface area is 94.0 Å². The molecule has 0 amide bonds. The lowest BCUT2D eigenvalue weighted by Gasteiger charge is -2.53. The summed E-state index contributed by atoms with van der Waals surface area (Å²) in [6.45, 7) is 7.78. The molecule has 1 spiro atoms. The average molecular weight is 211 g/mol. The maximum absolute atomic E-state index is 2.63. The molecule has 0 bridgehead atoms. The number of likely N-dealkylation sites (tertiary alicyclic amines) is 2. The van der Waals surface area contributed by atoms with Gasteiger partial charge in [-0.05, 0) is 52.5 Å². The first-order valence-electron chi connectivity index (χ1n) is 6.15. The van der Waals surface area contributed by atoms with Gasteiger partial charge in [0.2, 0.25) is 0 Å². The highest BCUT2D eigenvalue weighted by Crippen LogP contribution is 2.39. The van der Waals surface area contributed by atoms with E-state index in [1.54, 1.807) is 0 Å². The van der Waals surface area contributed by atoms with Crippen molar-refractivity contribution in [1.82, 2.24) is 14.7 Å². The number of likely N-dealkylation sites (N-methyl/N-ethyl adjacent to an activating group) is 1. The molecule has 2 fully saturated rings. The quantitative estimate of drug-likeness (QED) is 0.676. The molecule has 2 heterocycles. The molecule has 3 heteroatoms. The minimum Gasteiger partial charge on any atom is -0.308 e. The molecule has 0 radical (unpaired) electrons. The van der Waals surface area contributed by atoms with Gasteiger partial charge in [-0.3, -0.25) is 0 Å². The molecule has 2 rings (SSSR count). The highest BCUT2D eigenvalue weighted by atomic mass is 15.2. The van der Waals surface area contributed by atoms with Gasteiger partial charge in [0.05, 0.1) is 0 Å². The van der Waals surface area contributed by atoms with Crippen LogP contribution in [0.2, 0.25) is 0 Å². The fourth-order valence-corrected chi connectivity index (χ4v) is 3.01. The summed E-state index contributed by atoms with van der Waals surface area (Å²) in [4.78, 5) is 7.36. The predicted molar refractivity (Wildman–Crippen MR) is 64.2 cm³/mol. The molecule has 0 atom stereocenters. The second kappa shape index (κ2) is 4.40. The molecule has 3 nitrogen and oxygen atoms in total. The topological polar surface area (TPSA) is 9.72 Å². The average Bonchev–Trinajstić information content (AvgIpc) is 2.15. The van der Waals surface area contributed by atoms with E-state index < -0.39 is 0 Å². The van der Waals surface area contributed by atoms with E-state index in [4.69, 9.17) is 0 Å². The van der Waals surface area contributed by atoms with Crippen molar-refractivity contribution in [2.24, 2.45) is 5.41 Å². The number of rotatable bonds is 3. The number of hydrogen-bond acceptors (Lipinski definition) is 3. The molecule has 0 unspecified atom stereocenters. The first-order valence-corrected chi connectivity index (χ1v) is 6.15. The first kappa shape index (κ1) is 11.4. The van der Waals surface area contributed by atoms with E-state index in [1.807, 2.05) is 0 Å². The van der Waals surface area contributed by atoms with E-state index in [-0.39, 0.29) is 0 Å². The highest BCUT2D eigenvalue weighted by molar-refractivity contribution is 4.96. The van der Waals surface area contributed by atoms with Gasteiger partial charge < -0.3 is 14.7 Å². The van der Waals surface area contributed by atoms with Crippen LogP contribution in [0.1, 0.15) is 12.8 Å². The van der Waals surface area contributed by atoms with Gasteiger partial charge in [-0.15, -0.1) is 0 Å². The van der Waals surface area contributed by atoms with Gasteiger partial charge in [0.25, 0.3) is 0 Å². The van der Waals surface area contributed by atoms with Crippen molar-refractivity contribution < 1.29 is 0 Å². The summed E-state index contributed by atoms with van der Waals surface area (Å²) in [5, 5.41) is 0. The fraction of sp³-hybridized carbons (Fsp3) is 1.00. The summed E-state index contributed by atoms with van der Waals surface area (Å²) in [6.07, 6.45) is 2.84. The van der Waals surface area contributed by atoms with Crippen LogP contribution in [0.3, 0.4) is 0 Å². The molecule has 88 valence electrons. The number of hydrogen-bond donors (Lipinski definition) is 0. The molecular weight excluding hydrogens is 186 g/mol. The van der Waals surface area contributed by atoms with Crippen molar-refractivity contribution >= 4 is 0 Å². The van der Waals surface area contributed by atoms with Crippen molar-refractivity contribution in [2.75, 3.05) is 60.4 Å². The summed E-state index contributed by atoms with van der Waals surface area (Å²) in [7, 11) is 6.56. The third kappa shape index (κ3) is 2.71. The van der Waals surface area contributed by atoms with Crippen molar-refractivity contribution in [3.8, 4) is 0 Å². The minimum atomic E-state index is 0.712. The predicted octanol–water partition coefficient (Wildman–Crippen LogP) is 0.576. The lowest BCUT2D eigenvalue weighted by atomic mass is 9.72. The molecule has 0 N–H and O–H groups in total. The summed E-state index contributed by atoms with van der Waals surface area (Å²) in [6, 6.07) is 0. The van der Waals surface area contributed by atoms with E-state index in [2.05, 4.69) is 35.8 Å². The summed E-state index contributed by atoms with van der Waals surface area (Å²) in [5.41, 5.74) is 0.712. The zero-order valence-electron chi connectivity index (χ0n) is 10.5. The van der Waals surface area contributed by atoms with Crippen LogP contribution in [0.5, 0.6) is 0 Å². The Morgan fingerprint density at radius 2 is 1.73 bits per heavy atom. The van der Waals surface area contributed by atoms with E-state index in [0.717, 1.165) is 0 Å². The summed E-state index contributed by atoms with van der Waals surface area (Å²) >= 11 is 0. The molecule has 2 aliphatic heterocycles. The van der Waals surface area contributed by atoms with Gasteiger partial charge >= 0.3 is 0 Å². The van der Waals surface area contributed by atoms with Crippen molar-refractivity contribution in [3.05, 3.63) is 0 Å². The monoisotopic (exact) mass is 211 g/mol. The Morgan fingerprint density at radius 3 is 2.20 bits per heavy atom. The van der Waals surface area contributed by atoms with Crippen molar-refractivity contribution in [1.29, 1.82) is 0 Å². The molecule has 0 aromatic heterocycles. The van der Waals surface area contributed by atoms with Crippen LogP contribution in [0.25, 0.3) is 0 Å². The van der Waals surface area contributed by atoms with Gasteiger partial charge in [-0.2, -0.15) is 0 Å². The normalized spacial score (nSPS) is 27.2. The van der Waals surface area contributed by atoms with Gasteiger partial charge in [-0.1, -0.05) is 0 Å². The zero-order valence-corrected chi connectivity index (χ0v) is 10.5. The molecular formula is C12H25N3. The Bertz CT molecular complexity index is 199. The Kier molecular flexibility index (Phi) is 3.33. The summed E-state index contributed by atoms with van der Waals surface area (Å²) < 4.78 is 0.